The van der Waals surface area contributed by atoms with Gasteiger partial charge < -0.3 is 15.2 Å². The van der Waals surface area contributed by atoms with E-state index in [-0.39, 0.29) is 11.1 Å². The maximum atomic E-state index is 12.3. The fourth-order valence-electron chi connectivity index (χ4n) is 2.25. The van der Waals surface area contributed by atoms with Crippen molar-refractivity contribution in [2.24, 2.45) is 0 Å². The minimum absolute atomic E-state index is 0.250. The Hall–Kier alpha value is -3.60. The van der Waals surface area contributed by atoms with E-state index < -0.39 is 11.9 Å². The second-order valence-electron chi connectivity index (χ2n) is 5.74. The zero-order valence-electron chi connectivity index (χ0n) is 14.1. The first kappa shape index (κ1) is 17.2. The van der Waals surface area contributed by atoms with Crippen LogP contribution >= 0.6 is 0 Å². The van der Waals surface area contributed by atoms with Crippen molar-refractivity contribution in [3.05, 3.63) is 89.5 Å². The summed E-state index contributed by atoms with van der Waals surface area (Å²) in [5.74, 6) is -0.303. The third kappa shape index (κ3) is 4.27. The van der Waals surface area contributed by atoms with Crippen molar-refractivity contribution >= 4 is 17.6 Å². The molecule has 0 spiro atoms. The summed E-state index contributed by atoms with van der Waals surface area (Å²) in [6.45, 7) is 1.95. The molecule has 0 aliphatic rings. The van der Waals surface area contributed by atoms with E-state index in [1.165, 1.54) is 6.07 Å². The van der Waals surface area contributed by atoms with Crippen molar-refractivity contribution in [1.29, 1.82) is 0 Å². The normalized spacial score (nSPS) is 10.2. The van der Waals surface area contributed by atoms with Crippen molar-refractivity contribution in [3.8, 4) is 11.5 Å². The first-order chi connectivity index (χ1) is 12.5. The van der Waals surface area contributed by atoms with Gasteiger partial charge in [0.05, 0.1) is 11.1 Å². The molecule has 3 aromatic rings. The summed E-state index contributed by atoms with van der Waals surface area (Å²) in [5, 5.41) is 0. The number of hydrogen-bond acceptors (Lipinski definition) is 5. The van der Waals surface area contributed by atoms with Crippen LogP contribution in [-0.4, -0.2) is 11.9 Å². The Kier molecular flexibility index (Phi) is 4.99. The lowest BCUT2D eigenvalue weighted by atomic mass is 10.1. The number of aryl methyl sites for hydroxylation is 1. The predicted octanol–water partition coefficient (Wildman–Crippen LogP) is 4.02. The number of hydrogen-bond donors (Lipinski definition) is 1. The maximum absolute atomic E-state index is 12.3. The summed E-state index contributed by atoms with van der Waals surface area (Å²) < 4.78 is 10.6. The molecule has 0 aromatic heterocycles. The number of carbonyl (C=O) groups excluding carboxylic acids is 2. The fraction of sp³-hybridized carbons (Fsp3) is 0.0476. The van der Waals surface area contributed by atoms with Crippen LogP contribution in [0.25, 0.3) is 0 Å². The van der Waals surface area contributed by atoms with Gasteiger partial charge in [-0.3, -0.25) is 0 Å². The summed E-state index contributed by atoms with van der Waals surface area (Å²) >= 11 is 0. The molecule has 0 aliphatic heterocycles. The molecule has 5 heteroatoms. The molecule has 0 saturated heterocycles. The average Bonchev–Trinajstić information content (AvgIpc) is 2.65. The van der Waals surface area contributed by atoms with Gasteiger partial charge in [0, 0.05) is 5.69 Å². The lowest BCUT2D eigenvalue weighted by molar-refractivity contribution is 0.0734. The molecule has 0 unspecified atom stereocenters. The molecule has 0 fully saturated rings. The molecular formula is C21H17NO4. The number of nitrogen functional groups attached to an aromatic ring is 1. The van der Waals surface area contributed by atoms with Crippen LogP contribution in [0, 0.1) is 6.92 Å². The Morgan fingerprint density at radius 1 is 0.731 bits per heavy atom. The second kappa shape index (κ2) is 7.53. The molecule has 26 heavy (non-hydrogen) atoms. The Morgan fingerprint density at radius 3 is 1.69 bits per heavy atom. The SMILES string of the molecule is Cc1ccc(OC(=O)c2cccc(C(=O)Oc3ccc(N)cc3)c2)cc1. The Morgan fingerprint density at radius 2 is 1.19 bits per heavy atom. The fourth-order valence-corrected chi connectivity index (χ4v) is 2.25. The maximum Gasteiger partial charge on any atom is 0.343 e. The van der Waals surface area contributed by atoms with Gasteiger partial charge in [-0.05, 0) is 61.5 Å². The van der Waals surface area contributed by atoms with Crippen LogP contribution in [-0.2, 0) is 0 Å². The molecule has 3 aromatic carbocycles. The van der Waals surface area contributed by atoms with Gasteiger partial charge >= 0.3 is 11.9 Å². The van der Waals surface area contributed by atoms with Gasteiger partial charge in [0.25, 0.3) is 0 Å². The minimum Gasteiger partial charge on any atom is -0.423 e. The van der Waals surface area contributed by atoms with E-state index in [0.717, 1.165) is 5.56 Å². The molecule has 0 heterocycles. The van der Waals surface area contributed by atoms with Crippen LogP contribution in [0.2, 0.25) is 0 Å². The summed E-state index contributed by atoms with van der Waals surface area (Å²) in [5.41, 5.74) is 7.75. The topological polar surface area (TPSA) is 78.6 Å². The lowest BCUT2D eigenvalue weighted by Gasteiger charge is -2.07. The number of nitrogens with two attached hydrogens (primary N) is 1. The van der Waals surface area contributed by atoms with Crippen molar-refractivity contribution in [2.45, 2.75) is 6.92 Å². The highest BCUT2D eigenvalue weighted by Crippen LogP contribution is 2.17. The van der Waals surface area contributed by atoms with Crippen LogP contribution in [0.3, 0.4) is 0 Å². The highest BCUT2D eigenvalue weighted by molar-refractivity contribution is 5.96. The summed E-state index contributed by atoms with van der Waals surface area (Å²) in [7, 11) is 0. The predicted molar refractivity (Wildman–Crippen MR) is 98.4 cm³/mol. The summed E-state index contributed by atoms with van der Waals surface area (Å²) in [6, 6.07) is 19.8. The van der Waals surface area contributed by atoms with Crippen LogP contribution in [0.5, 0.6) is 11.5 Å². The Bertz CT molecular complexity index is 856. The van der Waals surface area contributed by atoms with E-state index in [2.05, 4.69) is 0 Å². The van der Waals surface area contributed by atoms with Crippen molar-refractivity contribution in [3.63, 3.8) is 0 Å². The lowest BCUT2D eigenvalue weighted by Crippen LogP contribution is -2.12. The first-order valence-electron chi connectivity index (χ1n) is 7.98. The number of esters is 2. The Labute approximate surface area is 151 Å². The highest BCUT2D eigenvalue weighted by atomic mass is 16.5. The highest BCUT2D eigenvalue weighted by Gasteiger charge is 2.14. The molecule has 0 atom stereocenters. The van der Waals surface area contributed by atoms with E-state index in [1.807, 2.05) is 19.1 Å². The van der Waals surface area contributed by atoms with Gasteiger partial charge in [0.15, 0.2) is 0 Å². The third-order valence-corrected chi connectivity index (χ3v) is 3.66. The van der Waals surface area contributed by atoms with Crippen LogP contribution in [0.4, 0.5) is 5.69 Å². The first-order valence-corrected chi connectivity index (χ1v) is 7.98. The molecule has 0 saturated carbocycles. The van der Waals surface area contributed by atoms with E-state index >= 15 is 0 Å². The van der Waals surface area contributed by atoms with E-state index in [9.17, 15) is 9.59 Å². The number of carbonyl (C=O) groups is 2. The average molecular weight is 347 g/mol. The molecule has 0 amide bonds. The Balaban J connectivity index is 1.72. The third-order valence-electron chi connectivity index (χ3n) is 3.66. The van der Waals surface area contributed by atoms with Crippen molar-refractivity contribution < 1.29 is 19.1 Å². The zero-order valence-corrected chi connectivity index (χ0v) is 14.1. The van der Waals surface area contributed by atoms with Gasteiger partial charge in [-0.25, -0.2) is 9.59 Å². The molecule has 2 N–H and O–H groups in total. The molecule has 5 nitrogen and oxygen atoms in total. The van der Waals surface area contributed by atoms with Crippen molar-refractivity contribution in [1.82, 2.24) is 0 Å². The van der Waals surface area contributed by atoms with Gasteiger partial charge in [-0.2, -0.15) is 0 Å². The minimum atomic E-state index is -0.570. The monoisotopic (exact) mass is 347 g/mol. The molecular weight excluding hydrogens is 330 g/mol. The summed E-state index contributed by atoms with van der Waals surface area (Å²) in [6.07, 6.45) is 0. The molecule has 0 aliphatic carbocycles. The van der Waals surface area contributed by atoms with Gasteiger partial charge in [-0.1, -0.05) is 23.8 Å². The van der Waals surface area contributed by atoms with E-state index in [4.69, 9.17) is 15.2 Å². The molecule has 0 radical (unpaired) electrons. The number of ether oxygens (including phenoxy) is 2. The van der Waals surface area contributed by atoms with Gasteiger partial charge in [0.1, 0.15) is 11.5 Å². The standard InChI is InChI=1S/C21H17NO4/c1-14-5-9-18(10-6-14)25-20(23)15-3-2-4-16(13-15)21(24)26-19-11-7-17(22)8-12-19/h2-13H,22H2,1H3. The van der Waals surface area contributed by atoms with Crippen LogP contribution in [0.1, 0.15) is 26.3 Å². The van der Waals surface area contributed by atoms with Crippen LogP contribution < -0.4 is 15.2 Å². The van der Waals surface area contributed by atoms with Crippen LogP contribution in [0.15, 0.2) is 72.8 Å². The molecule has 130 valence electrons. The van der Waals surface area contributed by atoms with E-state index in [0.29, 0.717) is 17.2 Å². The quantitative estimate of drug-likeness (QED) is 0.438. The number of anilines is 1. The number of benzene rings is 3. The van der Waals surface area contributed by atoms with Gasteiger partial charge in [0.2, 0.25) is 0 Å². The number of rotatable bonds is 4. The van der Waals surface area contributed by atoms with Crippen molar-refractivity contribution in [2.75, 3.05) is 5.73 Å². The smallest absolute Gasteiger partial charge is 0.343 e. The zero-order chi connectivity index (χ0) is 18.5. The van der Waals surface area contributed by atoms with E-state index in [1.54, 1.807) is 54.6 Å². The molecule has 0 bridgehead atoms. The molecule has 3 rings (SSSR count). The largest absolute Gasteiger partial charge is 0.423 e. The summed E-state index contributed by atoms with van der Waals surface area (Å²) in [4.78, 5) is 24.5. The second-order valence-corrected chi connectivity index (χ2v) is 5.74. The van der Waals surface area contributed by atoms with Gasteiger partial charge in [-0.15, -0.1) is 0 Å².